The fraction of sp³-hybridized carbons (Fsp3) is 0.526. The third-order valence-electron chi connectivity index (χ3n) is 15.0. The molecule has 0 N–H and O–H groups in total. The van der Waals surface area contributed by atoms with Gasteiger partial charge in [-0.2, -0.15) is 0 Å². The number of hydrogen-bond acceptors (Lipinski definition) is 5. The molecular formula is C57H72N4O4. The molecule has 3 heterocycles. The SMILES string of the molecule is CCCCCCCC(CCCCCCC)N1C(=O)c2ccc3c4ccc5c6c(ccc(c7ccc(c2c37)C1=O)c64)C(=O)N(C(CCCCCCC)C(CCCCCC)n1ccnc1)C5=O. The van der Waals surface area contributed by atoms with Gasteiger partial charge in [-0.25, -0.2) is 4.98 Å². The van der Waals surface area contributed by atoms with E-state index in [0.717, 1.165) is 140 Å². The molecule has 344 valence electrons. The van der Waals surface area contributed by atoms with Crippen molar-refractivity contribution in [2.75, 3.05) is 0 Å². The molecule has 65 heavy (non-hydrogen) atoms. The van der Waals surface area contributed by atoms with Gasteiger partial charge in [0, 0.05) is 51.5 Å². The van der Waals surface area contributed by atoms with Crippen molar-refractivity contribution < 1.29 is 19.2 Å². The molecule has 0 bridgehead atoms. The highest BCUT2D eigenvalue weighted by molar-refractivity contribution is 6.41. The average molecular weight is 877 g/mol. The summed E-state index contributed by atoms with van der Waals surface area (Å²) in [6.45, 7) is 8.88. The number of carbonyl (C=O) groups excluding carboxylic acids is 4. The van der Waals surface area contributed by atoms with Crippen LogP contribution in [0.25, 0.3) is 43.1 Å². The molecule has 8 heteroatoms. The van der Waals surface area contributed by atoms with E-state index in [-0.39, 0.29) is 41.8 Å². The van der Waals surface area contributed by atoms with Gasteiger partial charge in [0.15, 0.2) is 0 Å². The first kappa shape index (κ1) is 46.4. The standard InChI is InChI=1S/C57H72N4O4/c1-5-9-13-17-20-24-39(25-21-18-14-10-6-2)60-54(62)44-32-28-40-42-30-34-46-53-47(35-31-43(51(42)53)41-29-33-45(55(60)63)52(44)50(40)41)57(65)61(56(46)64)49(27-23-19-15-11-7-3)48(26-22-16-12-8-4)59-37-36-58-38-59/h28-39,48-49H,5-27H2,1-4H3. The van der Waals surface area contributed by atoms with Gasteiger partial charge in [-0.3, -0.25) is 29.0 Å². The van der Waals surface area contributed by atoms with Crippen molar-refractivity contribution in [1.82, 2.24) is 19.4 Å². The number of nitrogens with zero attached hydrogens (tertiary/aromatic N) is 4. The van der Waals surface area contributed by atoms with Crippen LogP contribution in [0.2, 0.25) is 0 Å². The van der Waals surface area contributed by atoms with Crippen molar-refractivity contribution in [1.29, 1.82) is 0 Å². The molecule has 5 aromatic carbocycles. The second-order valence-electron chi connectivity index (χ2n) is 19.4. The van der Waals surface area contributed by atoms with Crippen molar-refractivity contribution in [3.8, 4) is 0 Å². The summed E-state index contributed by atoms with van der Waals surface area (Å²) in [5.41, 5.74) is 2.27. The van der Waals surface area contributed by atoms with Crippen LogP contribution in [-0.2, 0) is 0 Å². The Morgan fingerprint density at radius 3 is 1.14 bits per heavy atom. The molecule has 2 aliphatic rings. The first-order valence-corrected chi connectivity index (χ1v) is 25.8. The summed E-state index contributed by atoms with van der Waals surface area (Å²) in [6.07, 6.45) is 30.2. The largest absolute Gasteiger partial charge is 0.332 e. The monoisotopic (exact) mass is 877 g/mol. The second-order valence-corrected chi connectivity index (χ2v) is 19.4. The van der Waals surface area contributed by atoms with Gasteiger partial charge >= 0.3 is 0 Å². The fourth-order valence-corrected chi connectivity index (χ4v) is 11.5. The Bertz CT molecular complexity index is 2480. The van der Waals surface area contributed by atoms with E-state index in [1.165, 1.54) is 44.9 Å². The normalized spacial score (nSPS) is 15.0. The van der Waals surface area contributed by atoms with Gasteiger partial charge in [-0.05, 0) is 82.3 Å². The number of amides is 4. The van der Waals surface area contributed by atoms with Crippen molar-refractivity contribution in [2.24, 2.45) is 0 Å². The van der Waals surface area contributed by atoms with Gasteiger partial charge in [0.05, 0.1) is 18.4 Å². The maximum Gasteiger partial charge on any atom is 0.261 e. The van der Waals surface area contributed by atoms with E-state index in [1.54, 1.807) is 16.0 Å². The van der Waals surface area contributed by atoms with Gasteiger partial charge in [-0.1, -0.05) is 174 Å². The first-order valence-electron chi connectivity index (χ1n) is 25.8. The summed E-state index contributed by atoms with van der Waals surface area (Å²) < 4.78 is 2.13. The number of imidazole rings is 1. The Hall–Kier alpha value is -5.11. The molecule has 0 aliphatic carbocycles. The molecule has 0 saturated heterocycles. The summed E-state index contributed by atoms with van der Waals surface area (Å²) in [5.74, 6) is -0.850. The maximum absolute atomic E-state index is 15.1. The van der Waals surface area contributed by atoms with E-state index in [9.17, 15) is 9.59 Å². The number of benzene rings is 5. The molecule has 6 aromatic rings. The topological polar surface area (TPSA) is 92.6 Å². The van der Waals surface area contributed by atoms with Gasteiger partial charge < -0.3 is 4.57 Å². The molecule has 2 aliphatic heterocycles. The van der Waals surface area contributed by atoms with Crippen LogP contribution < -0.4 is 0 Å². The summed E-state index contributed by atoms with van der Waals surface area (Å²) in [4.78, 5) is 67.4. The van der Waals surface area contributed by atoms with Gasteiger partial charge in [0.1, 0.15) is 0 Å². The highest BCUT2D eigenvalue weighted by Crippen LogP contribution is 2.47. The summed E-state index contributed by atoms with van der Waals surface area (Å²) in [6, 6.07) is 15.3. The van der Waals surface area contributed by atoms with Crippen LogP contribution >= 0.6 is 0 Å². The molecule has 4 amide bonds. The highest BCUT2D eigenvalue weighted by atomic mass is 16.2. The van der Waals surface area contributed by atoms with Gasteiger partial charge in [0.2, 0.25) is 0 Å². The number of imide groups is 2. The van der Waals surface area contributed by atoms with E-state index < -0.39 is 0 Å². The van der Waals surface area contributed by atoms with Crippen LogP contribution in [0.4, 0.5) is 0 Å². The molecule has 0 saturated carbocycles. The highest BCUT2D eigenvalue weighted by Gasteiger charge is 2.42. The van der Waals surface area contributed by atoms with Crippen LogP contribution in [0.3, 0.4) is 0 Å². The molecule has 8 nitrogen and oxygen atoms in total. The minimum Gasteiger partial charge on any atom is -0.332 e. The first-order chi connectivity index (χ1) is 31.9. The third kappa shape index (κ3) is 9.08. The molecule has 2 unspecified atom stereocenters. The van der Waals surface area contributed by atoms with Crippen LogP contribution in [0, 0.1) is 0 Å². The summed E-state index contributed by atoms with van der Waals surface area (Å²) in [5, 5.41) is 6.90. The average Bonchev–Trinajstić information content (AvgIpc) is 3.86. The lowest BCUT2D eigenvalue weighted by Crippen LogP contribution is -2.50. The Balaban J connectivity index is 1.18. The van der Waals surface area contributed by atoms with Crippen molar-refractivity contribution in [3.63, 3.8) is 0 Å². The van der Waals surface area contributed by atoms with E-state index in [1.807, 2.05) is 61.1 Å². The lowest BCUT2D eigenvalue weighted by Gasteiger charge is -2.39. The second kappa shape index (κ2) is 21.5. The van der Waals surface area contributed by atoms with E-state index in [2.05, 4.69) is 37.2 Å². The van der Waals surface area contributed by atoms with Gasteiger partial charge in [-0.15, -0.1) is 0 Å². The third-order valence-corrected chi connectivity index (χ3v) is 15.0. The number of fused-ring (bicyclic) bond motifs is 2. The Kier molecular flexibility index (Phi) is 15.3. The zero-order valence-corrected chi connectivity index (χ0v) is 39.8. The number of unbranched alkanes of at least 4 members (excludes halogenated alkanes) is 15. The zero-order valence-electron chi connectivity index (χ0n) is 39.8. The quantitative estimate of drug-likeness (QED) is 0.0222. The summed E-state index contributed by atoms with van der Waals surface area (Å²) in [7, 11) is 0. The van der Waals surface area contributed by atoms with Gasteiger partial charge in [0.25, 0.3) is 23.6 Å². The fourth-order valence-electron chi connectivity index (χ4n) is 11.5. The Morgan fingerprint density at radius 2 is 0.754 bits per heavy atom. The molecule has 0 radical (unpaired) electrons. The Morgan fingerprint density at radius 1 is 0.400 bits per heavy atom. The van der Waals surface area contributed by atoms with E-state index in [4.69, 9.17) is 0 Å². The molecule has 2 atom stereocenters. The molecule has 8 rings (SSSR count). The minimum absolute atomic E-state index is 0.0810. The van der Waals surface area contributed by atoms with Crippen molar-refractivity contribution >= 4 is 66.7 Å². The lowest BCUT2D eigenvalue weighted by molar-refractivity contribution is 0.0458. The van der Waals surface area contributed by atoms with Crippen molar-refractivity contribution in [2.45, 2.75) is 193 Å². The number of aromatic nitrogens is 2. The van der Waals surface area contributed by atoms with Crippen LogP contribution in [-0.4, -0.2) is 55.1 Å². The zero-order chi connectivity index (χ0) is 45.5. The van der Waals surface area contributed by atoms with E-state index in [0.29, 0.717) is 27.6 Å². The molecule has 0 fully saturated rings. The molecular weight excluding hydrogens is 805 g/mol. The molecule has 0 spiro atoms. The van der Waals surface area contributed by atoms with E-state index >= 15 is 9.59 Å². The predicted molar refractivity (Wildman–Crippen MR) is 266 cm³/mol. The number of carbonyl (C=O) groups is 4. The Labute approximate surface area is 386 Å². The van der Waals surface area contributed by atoms with Crippen LogP contribution in [0.1, 0.15) is 223 Å². The lowest BCUT2D eigenvalue weighted by atomic mass is 9.81. The van der Waals surface area contributed by atoms with Crippen LogP contribution in [0.15, 0.2) is 67.3 Å². The predicted octanol–water partition coefficient (Wildman–Crippen LogP) is 15.2. The number of rotatable bonds is 27. The maximum atomic E-state index is 15.1. The summed E-state index contributed by atoms with van der Waals surface area (Å²) >= 11 is 0. The molecule has 1 aromatic heterocycles. The van der Waals surface area contributed by atoms with Crippen molar-refractivity contribution in [3.05, 3.63) is 89.5 Å². The minimum atomic E-state index is -0.323. The number of hydrogen-bond donors (Lipinski definition) is 0. The van der Waals surface area contributed by atoms with Crippen LogP contribution in [0.5, 0.6) is 0 Å². The smallest absolute Gasteiger partial charge is 0.261 e.